The Kier molecular flexibility index (Phi) is 5.71. The van der Waals surface area contributed by atoms with Crippen LogP contribution in [0.25, 0.3) is 5.57 Å². The first-order valence-electron chi connectivity index (χ1n) is 8.39. The van der Waals surface area contributed by atoms with Gasteiger partial charge in [-0.15, -0.1) is 0 Å². The normalized spacial score (nSPS) is 15.1. The van der Waals surface area contributed by atoms with Gasteiger partial charge in [0, 0.05) is 27.9 Å². The number of nitrogens with zero attached hydrogens (tertiary/aromatic N) is 1. The average molecular weight is 406 g/mol. The minimum atomic E-state index is -0.522. The van der Waals surface area contributed by atoms with Crippen LogP contribution in [0.3, 0.4) is 0 Å². The molecule has 0 spiro atoms. The molecule has 0 N–H and O–H groups in total. The fraction of sp³-hybridized carbons (Fsp3) is 0.286. The van der Waals surface area contributed by atoms with E-state index in [1.54, 1.807) is 17.8 Å². The number of carbonyl (C=O) groups is 1. The summed E-state index contributed by atoms with van der Waals surface area (Å²) in [5.41, 5.74) is 3.37. The predicted octanol–water partition coefficient (Wildman–Crippen LogP) is 5.89. The molecule has 2 aromatic rings. The Bertz CT molecular complexity index is 841. The lowest BCUT2D eigenvalue weighted by molar-refractivity contribution is -0.128. The summed E-state index contributed by atoms with van der Waals surface area (Å²) in [5.74, 6) is 0.889. The highest BCUT2D eigenvalue weighted by molar-refractivity contribution is 7.98. The molecular weight excluding hydrogens is 385 g/mol. The Labute approximate surface area is 169 Å². The molecule has 0 saturated heterocycles. The summed E-state index contributed by atoms with van der Waals surface area (Å²) in [6.45, 7) is 4.69. The average Bonchev–Trinajstić information content (AvgIpc) is 2.92. The summed E-state index contributed by atoms with van der Waals surface area (Å²) in [6, 6.07) is 15.4. The number of hydrogen-bond donors (Lipinski definition) is 0. The van der Waals surface area contributed by atoms with Crippen molar-refractivity contribution in [3.63, 3.8) is 0 Å². The van der Waals surface area contributed by atoms with Gasteiger partial charge in [0.05, 0.1) is 5.54 Å². The predicted molar refractivity (Wildman–Crippen MR) is 113 cm³/mol. The molecule has 26 heavy (non-hydrogen) atoms. The van der Waals surface area contributed by atoms with Gasteiger partial charge in [0.1, 0.15) is 0 Å². The van der Waals surface area contributed by atoms with Crippen LogP contribution < -0.4 is 0 Å². The lowest BCUT2D eigenvalue weighted by Gasteiger charge is -2.37. The Hall–Kier alpha value is -1.42. The third kappa shape index (κ3) is 3.66. The summed E-state index contributed by atoms with van der Waals surface area (Å²) in [4.78, 5) is 15.3. The standard InChI is InChI=1S/C21H21Cl2NOS/c1-21(2,16-9-17(22)11-18(23)10-16)24-12-15(13-26-3)19(20(24)25)14-7-5-4-6-8-14/h4-11H,12-13H2,1-3H3. The highest BCUT2D eigenvalue weighted by Crippen LogP contribution is 2.39. The third-order valence-corrected chi connectivity index (χ3v) is 5.86. The Balaban J connectivity index is 2.01. The topological polar surface area (TPSA) is 20.3 Å². The summed E-state index contributed by atoms with van der Waals surface area (Å²) in [7, 11) is 0. The van der Waals surface area contributed by atoms with Gasteiger partial charge in [-0.3, -0.25) is 4.79 Å². The Morgan fingerprint density at radius 1 is 1.08 bits per heavy atom. The maximum atomic E-state index is 13.4. The van der Waals surface area contributed by atoms with Crippen molar-refractivity contribution in [3.8, 4) is 0 Å². The molecule has 0 saturated carbocycles. The molecule has 0 aromatic heterocycles. The van der Waals surface area contributed by atoms with Gasteiger partial charge in [-0.25, -0.2) is 0 Å². The zero-order valence-corrected chi connectivity index (χ0v) is 17.4. The van der Waals surface area contributed by atoms with Crippen LogP contribution in [0.15, 0.2) is 54.1 Å². The van der Waals surface area contributed by atoms with Crippen LogP contribution in [-0.2, 0) is 10.3 Å². The van der Waals surface area contributed by atoms with E-state index in [-0.39, 0.29) is 5.91 Å². The van der Waals surface area contributed by atoms with Crippen molar-refractivity contribution in [2.24, 2.45) is 0 Å². The van der Waals surface area contributed by atoms with Crippen LogP contribution in [0.4, 0.5) is 0 Å². The molecular formula is C21H21Cl2NOS. The van der Waals surface area contributed by atoms with Crippen LogP contribution >= 0.6 is 35.0 Å². The summed E-state index contributed by atoms with van der Waals surface area (Å²) < 4.78 is 0. The molecule has 1 amide bonds. The highest BCUT2D eigenvalue weighted by Gasteiger charge is 2.40. The van der Waals surface area contributed by atoms with E-state index >= 15 is 0 Å². The molecule has 0 fully saturated rings. The molecule has 0 aliphatic carbocycles. The summed E-state index contributed by atoms with van der Waals surface area (Å²) in [6.07, 6.45) is 2.06. The van der Waals surface area contributed by atoms with E-state index < -0.39 is 5.54 Å². The van der Waals surface area contributed by atoms with Gasteiger partial charge in [0.15, 0.2) is 0 Å². The second kappa shape index (κ2) is 7.67. The van der Waals surface area contributed by atoms with Crippen molar-refractivity contribution < 1.29 is 4.79 Å². The highest BCUT2D eigenvalue weighted by atomic mass is 35.5. The number of carbonyl (C=O) groups excluding carboxylic acids is 1. The monoisotopic (exact) mass is 405 g/mol. The van der Waals surface area contributed by atoms with Crippen LogP contribution in [0.5, 0.6) is 0 Å². The van der Waals surface area contributed by atoms with E-state index in [0.717, 1.165) is 28.0 Å². The first-order chi connectivity index (χ1) is 12.3. The zero-order valence-electron chi connectivity index (χ0n) is 15.1. The number of thioether (sulfide) groups is 1. The van der Waals surface area contributed by atoms with Gasteiger partial charge in [-0.2, -0.15) is 11.8 Å². The minimum Gasteiger partial charge on any atom is -0.325 e. The number of halogens is 2. The van der Waals surface area contributed by atoms with Gasteiger partial charge < -0.3 is 4.90 Å². The van der Waals surface area contributed by atoms with E-state index in [1.807, 2.05) is 61.2 Å². The van der Waals surface area contributed by atoms with Crippen LogP contribution in [0.2, 0.25) is 10.0 Å². The largest absolute Gasteiger partial charge is 0.325 e. The van der Waals surface area contributed by atoms with Crippen LogP contribution in [0, 0.1) is 0 Å². The molecule has 0 bridgehead atoms. The lowest BCUT2D eigenvalue weighted by atomic mass is 9.92. The molecule has 0 radical (unpaired) electrons. The molecule has 1 aliphatic heterocycles. The lowest BCUT2D eigenvalue weighted by Crippen LogP contribution is -2.43. The van der Waals surface area contributed by atoms with Crippen LogP contribution in [-0.4, -0.2) is 29.4 Å². The van der Waals surface area contributed by atoms with Crippen molar-refractivity contribution in [2.45, 2.75) is 19.4 Å². The third-order valence-electron chi connectivity index (χ3n) is 4.79. The van der Waals surface area contributed by atoms with Crippen molar-refractivity contribution >= 4 is 46.4 Å². The zero-order chi connectivity index (χ0) is 18.9. The molecule has 5 heteroatoms. The SMILES string of the molecule is CSCC1=C(c2ccccc2)C(=O)N(C(C)(C)c2cc(Cl)cc(Cl)c2)C1. The minimum absolute atomic E-state index is 0.0568. The quantitative estimate of drug-likeness (QED) is 0.617. The molecule has 1 heterocycles. The molecule has 136 valence electrons. The molecule has 2 nitrogen and oxygen atoms in total. The number of benzene rings is 2. The molecule has 1 aliphatic rings. The van der Waals surface area contributed by atoms with Crippen molar-refractivity contribution in [1.82, 2.24) is 4.90 Å². The van der Waals surface area contributed by atoms with Gasteiger partial charge >= 0.3 is 0 Å². The Morgan fingerprint density at radius 2 is 1.69 bits per heavy atom. The van der Waals surface area contributed by atoms with Gasteiger partial charge in [0.25, 0.3) is 5.91 Å². The van der Waals surface area contributed by atoms with E-state index in [2.05, 4.69) is 6.26 Å². The number of rotatable bonds is 5. The van der Waals surface area contributed by atoms with E-state index in [9.17, 15) is 4.79 Å². The van der Waals surface area contributed by atoms with Gasteiger partial charge in [-0.1, -0.05) is 53.5 Å². The van der Waals surface area contributed by atoms with Gasteiger partial charge in [0.2, 0.25) is 0 Å². The number of amides is 1. The van der Waals surface area contributed by atoms with E-state index in [1.165, 1.54) is 0 Å². The first kappa shape index (κ1) is 19.3. The molecule has 0 atom stereocenters. The summed E-state index contributed by atoms with van der Waals surface area (Å²) >= 11 is 14.1. The fourth-order valence-electron chi connectivity index (χ4n) is 3.37. The second-order valence-electron chi connectivity index (χ2n) is 6.89. The van der Waals surface area contributed by atoms with E-state index in [0.29, 0.717) is 16.6 Å². The van der Waals surface area contributed by atoms with E-state index in [4.69, 9.17) is 23.2 Å². The van der Waals surface area contributed by atoms with Crippen molar-refractivity contribution in [2.75, 3.05) is 18.6 Å². The molecule has 0 unspecified atom stereocenters. The maximum absolute atomic E-state index is 13.4. The smallest absolute Gasteiger partial charge is 0.255 e. The first-order valence-corrected chi connectivity index (χ1v) is 10.5. The molecule has 2 aromatic carbocycles. The Morgan fingerprint density at radius 3 is 2.27 bits per heavy atom. The second-order valence-corrected chi connectivity index (χ2v) is 8.62. The number of hydrogen-bond acceptors (Lipinski definition) is 2. The maximum Gasteiger partial charge on any atom is 0.255 e. The van der Waals surface area contributed by atoms with Crippen LogP contribution in [0.1, 0.15) is 25.0 Å². The molecule has 3 rings (SSSR count). The van der Waals surface area contributed by atoms with Crippen molar-refractivity contribution in [3.05, 3.63) is 75.3 Å². The fourth-order valence-corrected chi connectivity index (χ4v) is 4.48. The van der Waals surface area contributed by atoms with Crippen molar-refractivity contribution in [1.29, 1.82) is 0 Å². The van der Waals surface area contributed by atoms with Gasteiger partial charge in [-0.05, 0) is 55.0 Å². The summed E-state index contributed by atoms with van der Waals surface area (Å²) in [5, 5.41) is 1.15.